The molecular weight excluding hydrogens is 246 g/mol. The second kappa shape index (κ2) is 6.47. The van der Waals surface area contributed by atoms with E-state index in [1.807, 2.05) is 13.8 Å². The van der Waals surface area contributed by atoms with Crippen LogP contribution in [0.3, 0.4) is 0 Å². The summed E-state index contributed by atoms with van der Waals surface area (Å²) in [5.74, 6) is 3.36. The Hall–Kier alpha value is -1.95. The third kappa shape index (κ3) is 3.33. The van der Waals surface area contributed by atoms with E-state index in [9.17, 15) is 0 Å². The van der Waals surface area contributed by atoms with Crippen molar-refractivity contribution in [1.82, 2.24) is 0 Å². The Bertz CT molecular complexity index is 538. The lowest BCUT2D eigenvalue weighted by Crippen LogP contribution is -2.27. The Balaban J connectivity index is 2.18. The average molecular weight is 269 g/mol. The lowest BCUT2D eigenvalue weighted by Gasteiger charge is -2.20. The van der Waals surface area contributed by atoms with Gasteiger partial charge in [-0.2, -0.15) is 0 Å². The molecule has 1 atom stereocenters. The minimum Gasteiger partial charge on any atom is -0.370 e. The number of hydrogen-bond acceptors (Lipinski definition) is 1. The number of nitrogens with two attached hydrogens (primary N) is 1. The van der Waals surface area contributed by atoms with Gasteiger partial charge >= 0.3 is 0 Å². The van der Waals surface area contributed by atoms with E-state index in [0.717, 1.165) is 18.5 Å². The third-order valence-corrected chi connectivity index (χ3v) is 3.74. The summed E-state index contributed by atoms with van der Waals surface area (Å²) in [5.41, 5.74) is 9.87. The number of fused-ring (bicyclic) bond motifs is 1. The van der Waals surface area contributed by atoms with Gasteiger partial charge in [-0.05, 0) is 48.8 Å². The molecule has 3 N–H and O–H groups in total. The van der Waals surface area contributed by atoms with Crippen LogP contribution >= 0.6 is 0 Å². The third-order valence-electron chi connectivity index (χ3n) is 3.74. The molecule has 0 bridgehead atoms. The molecule has 3 heteroatoms. The van der Waals surface area contributed by atoms with Crippen LogP contribution in [-0.2, 0) is 12.8 Å². The van der Waals surface area contributed by atoms with Gasteiger partial charge in [-0.15, -0.1) is 6.42 Å². The molecule has 20 heavy (non-hydrogen) atoms. The molecule has 0 radical (unpaired) electrons. The summed E-state index contributed by atoms with van der Waals surface area (Å²) in [5, 5.41) is 3.22. The first-order valence-electron chi connectivity index (χ1n) is 7.29. The van der Waals surface area contributed by atoms with Gasteiger partial charge in [-0.3, -0.25) is 0 Å². The maximum atomic E-state index is 6.00. The largest absolute Gasteiger partial charge is 0.370 e. The Kier molecular flexibility index (Phi) is 4.68. The lowest BCUT2D eigenvalue weighted by molar-refractivity contribution is 0.586. The maximum Gasteiger partial charge on any atom is 0.194 e. The smallest absolute Gasteiger partial charge is 0.194 e. The molecule has 1 aliphatic carbocycles. The van der Waals surface area contributed by atoms with E-state index in [1.54, 1.807) is 0 Å². The van der Waals surface area contributed by atoms with Crippen molar-refractivity contribution >= 4 is 11.6 Å². The molecule has 0 aliphatic heterocycles. The number of nitrogens with zero attached hydrogens (tertiary/aromatic N) is 1. The van der Waals surface area contributed by atoms with Gasteiger partial charge in [-0.1, -0.05) is 31.9 Å². The topological polar surface area (TPSA) is 50.4 Å². The van der Waals surface area contributed by atoms with Crippen LogP contribution in [-0.4, -0.2) is 12.0 Å². The van der Waals surface area contributed by atoms with Crippen molar-refractivity contribution in [3.63, 3.8) is 0 Å². The summed E-state index contributed by atoms with van der Waals surface area (Å²) in [6, 6.07) is 6.15. The first-order valence-corrected chi connectivity index (χ1v) is 7.29. The van der Waals surface area contributed by atoms with Gasteiger partial charge in [0.15, 0.2) is 5.96 Å². The Morgan fingerprint density at radius 1 is 1.35 bits per heavy atom. The van der Waals surface area contributed by atoms with E-state index in [1.165, 1.54) is 24.0 Å². The summed E-state index contributed by atoms with van der Waals surface area (Å²) < 4.78 is 0. The highest BCUT2D eigenvalue weighted by Gasteiger charge is 2.14. The summed E-state index contributed by atoms with van der Waals surface area (Å²) in [6.07, 6.45) is 10.3. The molecule has 0 saturated heterocycles. The minimum absolute atomic E-state index is 0.179. The highest BCUT2D eigenvalue weighted by atomic mass is 15.1. The molecule has 106 valence electrons. The van der Waals surface area contributed by atoms with Crippen molar-refractivity contribution in [3.05, 3.63) is 29.3 Å². The zero-order chi connectivity index (χ0) is 14.5. The van der Waals surface area contributed by atoms with Gasteiger partial charge in [0, 0.05) is 5.69 Å². The highest BCUT2D eigenvalue weighted by Crippen LogP contribution is 2.27. The van der Waals surface area contributed by atoms with Crippen LogP contribution in [0.5, 0.6) is 0 Å². The van der Waals surface area contributed by atoms with Crippen LogP contribution in [0.4, 0.5) is 5.69 Å². The molecule has 0 amide bonds. The van der Waals surface area contributed by atoms with Crippen molar-refractivity contribution in [3.8, 4) is 12.3 Å². The number of aliphatic imine (C=N–C) groups is 1. The van der Waals surface area contributed by atoms with E-state index in [0.29, 0.717) is 5.96 Å². The number of guanidine groups is 1. The maximum absolute atomic E-state index is 6.00. The summed E-state index contributed by atoms with van der Waals surface area (Å²) >= 11 is 0. The molecule has 1 aliphatic rings. The van der Waals surface area contributed by atoms with E-state index >= 15 is 0 Å². The van der Waals surface area contributed by atoms with E-state index < -0.39 is 0 Å². The van der Waals surface area contributed by atoms with Crippen LogP contribution < -0.4 is 11.1 Å². The summed E-state index contributed by atoms with van der Waals surface area (Å²) in [6.45, 7) is 4.09. The molecule has 3 nitrogen and oxygen atoms in total. The summed E-state index contributed by atoms with van der Waals surface area (Å²) in [4.78, 5) is 4.39. The average Bonchev–Trinajstić information content (AvgIpc) is 2.45. The zero-order valence-corrected chi connectivity index (χ0v) is 12.3. The number of hydrogen-bond donors (Lipinski definition) is 2. The fraction of sp³-hybridized carbons (Fsp3) is 0.471. The molecule has 0 fully saturated rings. The molecular formula is C17H23N3. The quantitative estimate of drug-likeness (QED) is 0.503. The normalized spacial score (nSPS) is 16.4. The van der Waals surface area contributed by atoms with E-state index in [2.05, 4.69) is 34.4 Å². The lowest BCUT2D eigenvalue weighted by atomic mass is 9.90. The number of rotatable bonds is 3. The molecule has 0 saturated carbocycles. The first kappa shape index (κ1) is 14.5. The molecule has 0 aromatic heterocycles. The van der Waals surface area contributed by atoms with Gasteiger partial charge in [0.1, 0.15) is 6.04 Å². The molecule has 2 rings (SSSR count). The van der Waals surface area contributed by atoms with Crippen molar-refractivity contribution in [2.45, 2.75) is 45.6 Å². The number of terminal acetylenes is 1. The van der Waals surface area contributed by atoms with Crippen molar-refractivity contribution in [2.75, 3.05) is 5.32 Å². The van der Waals surface area contributed by atoms with Crippen molar-refractivity contribution in [2.24, 2.45) is 16.6 Å². The number of nitrogens with one attached hydrogen (secondary N) is 1. The number of anilines is 1. The van der Waals surface area contributed by atoms with Crippen molar-refractivity contribution in [1.29, 1.82) is 0 Å². The summed E-state index contributed by atoms with van der Waals surface area (Å²) in [7, 11) is 0. The van der Waals surface area contributed by atoms with Crippen molar-refractivity contribution < 1.29 is 0 Å². The molecule has 0 heterocycles. The van der Waals surface area contributed by atoms with Gasteiger partial charge in [0.25, 0.3) is 0 Å². The van der Waals surface area contributed by atoms with Gasteiger partial charge in [0.05, 0.1) is 0 Å². The Labute approximate surface area is 121 Å². The molecule has 0 spiro atoms. The van der Waals surface area contributed by atoms with Gasteiger partial charge < -0.3 is 11.1 Å². The highest BCUT2D eigenvalue weighted by molar-refractivity contribution is 5.93. The second-order valence-corrected chi connectivity index (χ2v) is 5.65. The monoisotopic (exact) mass is 269 g/mol. The number of aryl methyl sites for hydroxylation is 1. The fourth-order valence-corrected chi connectivity index (χ4v) is 2.60. The van der Waals surface area contributed by atoms with Crippen LogP contribution in [0.2, 0.25) is 0 Å². The number of benzene rings is 1. The van der Waals surface area contributed by atoms with Gasteiger partial charge in [0.2, 0.25) is 0 Å². The predicted octanol–water partition coefficient (Wildman–Crippen LogP) is 2.95. The Morgan fingerprint density at radius 2 is 2.10 bits per heavy atom. The molecule has 1 aromatic carbocycles. The van der Waals surface area contributed by atoms with Crippen LogP contribution in [0, 0.1) is 18.3 Å². The predicted molar refractivity (Wildman–Crippen MR) is 85.8 cm³/mol. The minimum atomic E-state index is -0.179. The molecule has 1 aromatic rings. The SMILES string of the molecule is C#CC(N=C(N)Nc1cccc2c1CCCC2)C(C)C. The van der Waals surface area contributed by atoms with E-state index in [4.69, 9.17) is 12.2 Å². The van der Waals surface area contributed by atoms with Crippen LogP contribution in [0.25, 0.3) is 0 Å². The second-order valence-electron chi connectivity index (χ2n) is 5.65. The van der Waals surface area contributed by atoms with Gasteiger partial charge in [-0.25, -0.2) is 4.99 Å². The fourth-order valence-electron chi connectivity index (χ4n) is 2.60. The standard InChI is InChI=1S/C17H23N3/c1-4-15(12(2)3)19-17(18)20-16-11-7-9-13-8-5-6-10-14(13)16/h1,7,9,11-12,15H,5-6,8,10H2,2-3H3,(H3,18,19,20). The van der Waals surface area contributed by atoms with Crippen LogP contribution in [0.1, 0.15) is 37.8 Å². The first-order chi connectivity index (χ1) is 9.61. The Morgan fingerprint density at radius 3 is 2.80 bits per heavy atom. The molecule has 1 unspecified atom stereocenters. The van der Waals surface area contributed by atoms with E-state index in [-0.39, 0.29) is 12.0 Å². The van der Waals surface area contributed by atoms with Crippen LogP contribution in [0.15, 0.2) is 23.2 Å². The zero-order valence-electron chi connectivity index (χ0n) is 12.3.